The van der Waals surface area contributed by atoms with Gasteiger partial charge in [0.25, 0.3) is 0 Å². The highest BCUT2D eigenvalue weighted by Gasteiger charge is 2.20. The largest absolute Gasteiger partial charge is 0.459 e. The molecule has 16 heavy (non-hydrogen) atoms. The maximum absolute atomic E-state index is 11.5. The molecule has 0 saturated heterocycles. The molecule has 0 heterocycles. The first-order chi connectivity index (χ1) is 7.67. The van der Waals surface area contributed by atoms with Gasteiger partial charge >= 0.3 is 11.9 Å². The first-order valence-corrected chi connectivity index (χ1v) is 6.13. The summed E-state index contributed by atoms with van der Waals surface area (Å²) in [6.45, 7) is 7.24. The number of carbonyl (C=O) groups is 2. The summed E-state index contributed by atoms with van der Waals surface area (Å²) in [4.78, 5) is 24.3. The van der Waals surface area contributed by atoms with Crippen LogP contribution in [0.15, 0.2) is 0 Å². The van der Waals surface area contributed by atoms with E-state index in [1.165, 1.54) is 4.90 Å². The summed E-state index contributed by atoms with van der Waals surface area (Å²) in [5, 5.41) is 0. The van der Waals surface area contributed by atoms with E-state index in [1.807, 2.05) is 13.8 Å². The number of rotatable bonds is 7. The fourth-order valence-corrected chi connectivity index (χ4v) is 1.40. The maximum Gasteiger partial charge on any atom is 0.397 e. The van der Waals surface area contributed by atoms with Crippen molar-refractivity contribution in [2.45, 2.75) is 46.5 Å². The number of nitrogens with zero attached hydrogens (tertiary/aromatic N) is 1. The number of ether oxygens (including phenoxy) is 1. The van der Waals surface area contributed by atoms with Crippen molar-refractivity contribution in [2.24, 2.45) is 0 Å². The van der Waals surface area contributed by atoms with Crippen LogP contribution in [0.1, 0.15) is 46.5 Å². The standard InChI is InChI=1S/C12H23NO3/c1-4-7-8-9-10-16-12(15)11(14)13(5-2)6-3/h4-10H2,1-3H3. The summed E-state index contributed by atoms with van der Waals surface area (Å²) in [5.74, 6) is -1.25. The van der Waals surface area contributed by atoms with E-state index < -0.39 is 11.9 Å². The maximum atomic E-state index is 11.5. The van der Waals surface area contributed by atoms with Gasteiger partial charge in [-0.25, -0.2) is 4.79 Å². The van der Waals surface area contributed by atoms with Crippen LogP contribution in [-0.2, 0) is 14.3 Å². The molecule has 0 fully saturated rings. The molecule has 0 N–H and O–H groups in total. The van der Waals surface area contributed by atoms with E-state index >= 15 is 0 Å². The Balaban J connectivity index is 3.75. The Hall–Kier alpha value is -1.06. The monoisotopic (exact) mass is 229 g/mol. The Morgan fingerprint density at radius 2 is 1.62 bits per heavy atom. The van der Waals surface area contributed by atoms with Crippen LogP contribution in [0, 0.1) is 0 Å². The zero-order chi connectivity index (χ0) is 12.4. The second-order valence-electron chi connectivity index (χ2n) is 3.67. The lowest BCUT2D eigenvalue weighted by atomic mass is 10.2. The van der Waals surface area contributed by atoms with Crippen LogP contribution in [0.2, 0.25) is 0 Å². The van der Waals surface area contributed by atoms with E-state index in [-0.39, 0.29) is 0 Å². The first-order valence-electron chi connectivity index (χ1n) is 6.13. The number of hydrogen-bond donors (Lipinski definition) is 0. The summed E-state index contributed by atoms with van der Waals surface area (Å²) in [5.41, 5.74) is 0. The molecule has 0 saturated carbocycles. The van der Waals surface area contributed by atoms with Crippen molar-refractivity contribution in [1.82, 2.24) is 4.90 Å². The third-order valence-electron chi connectivity index (χ3n) is 2.46. The molecule has 4 heteroatoms. The molecule has 0 rings (SSSR count). The number of hydrogen-bond acceptors (Lipinski definition) is 3. The molecule has 0 aromatic rings. The van der Waals surface area contributed by atoms with Gasteiger partial charge in [-0.05, 0) is 20.3 Å². The molecule has 4 nitrogen and oxygen atoms in total. The normalized spacial score (nSPS) is 9.94. The average Bonchev–Trinajstić information content (AvgIpc) is 2.30. The predicted molar refractivity (Wildman–Crippen MR) is 63.0 cm³/mol. The molecule has 1 amide bonds. The Bertz CT molecular complexity index is 212. The number of unbranched alkanes of at least 4 members (excludes halogenated alkanes) is 3. The molecule has 0 aromatic heterocycles. The van der Waals surface area contributed by atoms with Crippen LogP contribution in [0.4, 0.5) is 0 Å². The van der Waals surface area contributed by atoms with Gasteiger partial charge in [-0.2, -0.15) is 0 Å². The second-order valence-corrected chi connectivity index (χ2v) is 3.67. The van der Waals surface area contributed by atoms with Crippen molar-refractivity contribution in [2.75, 3.05) is 19.7 Å². The molecule has 0 spiro atoms. The first kappa shape index (κ1) is 14.9. The van der Waals surface area contributed by atoms with Crippen molar-refractivity contribution >= 4 is 11.9 Å². The number of esters is 1. The lowest BCUT2D eigenvalue weighted by Gasteiger charge is -2.16. The van der Waals surface area contributed by atoms with Gasteiger partial charge in [0.05, 0.1) is 6.61 Å². The average molecular weight is 229 g/mol. The Morgan fingerprint density at radius 1 is 1.00 bits per heavy atom. The molecule has 0 atom stereocenters. The molecular weight excluding hydrogens is 206 g/mol. The lowest BCUT2D eigenvalue weighted by Crippen LogP contribution is -2.37. The summed E-state index contributed by atoms with van der Waals surface area (Å²) >= 11 is 0. The predicted octanol–water partition coefficient (Wildman–Crippen LogP) is 1.98. The fourth-order valence-electron chi connectivity index (χ4n) is 1.40. The van der Waals surface area contributed by atoms with E-state index in [4.69, 9.17) is 4.74 Å². The van der Waals surface area contributed by atoms with Crippen molar-refractivity contribution in [3.05, 3.63) is 0 Å². The molecule has 0 aliphatic carbocycles. The Labute approximate surface area is 98.0 Å². The third kappa shape index (κ3) is 5.73. The number of amides is 1. The molecule has 0 bridgehead atoms. The van der Waals surface area contributed by atoms with Crippen molar-refractivity contribution in [3.63, 3.8) is 0 Å². The molecule has 0 aliphatic rings. The molecule has 0 radical (unpaired) electrons. The van der Waals surface area contributed by atoms with Crippen LogP contribution in [-0.4, -0.2) is 36.5 Å². The topological polar surface area (TPSA) is 46.6 Å². The van der Waals surface area contributed by atoms with Crippen molar-refractivity contribution < 1.29 is 14.3 Å². The Kier molecular flexibility index (Phi) is 8.58. The van der Waals surface area contributed by atoms with Crippen LogP contribution in [0.25, 0.3) is 0 Å². The molecule has 0 aromatic carbocycles. The fraction of sp³-hybridized carbons (Fsp3) is 0.833. The van der Waals surface area contributed by atoms with E-state index in [1.54, 1.807) is 0 Å². The van der Waals surface area contributed by atoms with Gasteiger partial charge in [-0.15, -0.1) is 0 Å². The van der Waals surface area contributed by atoms with Gasteiger partial charge in [0, 0.05) is 13.1 Å². The lowest BCUT2D eigenvalue weighted by molar-refractivity contribution is -0.160. The van der Waals surface area contributed by atoms with E-state index in [9.17, 15) is 9.59 Å². The number of carbonyl (C=O) groups excluding carboxylic acids is 2. The molecule has 0 unspecified atom stereocenters. The van der Waals surface area contributed by atoms with Gasteiger partial charge in [-0.3, -0.25) is 4.79 Å². The summed E-state index contributed by atoms with van der Waals surface area (Å²) in [6.07, 6.45) is 4.17. The third-order valence-corrected chi connectivity index (χ3v) is 2.46. The minimum atomic E-state index is -0.722. The minimum absolute atomic E-state index is 0.353. The van der Waals surface area contributed by atoms with Crippen LogP contribution in [0.3, 0.4) is 0 Å². The number of likely N-dealkylation sites (N-methyl/N-ethyl adjacent to an activating group) is 1. The molecular formula is C12H23NO3. The highest BCUT2D eigenvalue weighted by Crippen LogP contribution is 2.00. The summed E-state index contributed by atoms with van der Waals surface area (Å²) in [7, 11) is 0. The van der Waals surface area contributed by atoms with E-state index in [2.05, 4.69) is 6.92 Å². The van der Waals surface area contributed by atoms with Gasteiger partial charge in [0.15, 0.2) is 0 Å². The summed E-state index contributed by atoms with van der Waals surface area (Å²) in [6, 6.07) is 0. The highest BCUT2D eigenvalue weighted by molar-refractivity contribution is 6.32. The summed E-state index contributed by atoms with van der Waals surface area (Å²) < 4.78 is 4.90. The quantitative estimate of drug-likeness (QED) is 0.381. The minimum Gasteiger partial charge on any atom is -0.459 e. The van der Waals surface area contributed by atoms with Gasteiger partial charge in [-0.1, -0.05) is 26.2 Å². The van der Waals surface area contributed by atoms with Crippen LogP contribution < -0.4 is 0 Å². The van der Waals surface area contributed by atoms with Gasteiger partial charge in [0.2, 0.25) is 0 Å². The van der Waals surface area contributed by atoms with Crippen molar-refractivity contribution in [3.8, 4) is 0 Å². The van der Waals surface area contributed by atoms with Crippen LogP contribution >= 0.6 is 0 Å². The van der Waals surface area contributed by atoms with E-state index in [0.717, 1.165) is 25.7 Å². The molecule has 0 aliphatic heterocycles. The van der Waals surface area contributed by atoms with E-state index in [0.29, 0.717) is 19.7 Å². The smallest absolute Gasteiger partial charge is 0.397 e. The Morgan fingerprint density at radius 3 is 2.12 bits per heavy atom. The van der Waals surface area contributed by atoms with Gasteiger partial charge in [0.1, 0.15) is 0 Å². The van der Waals surface area contributed by atoms with Crippen LogP contribution in [0.5, 0.6) is 0 Å². The highest BCUT2D eigenvalue weighted by atomic mass is 16.5. The zero-order valence-electron chi connectivity index (χ0n) is 10.6. The molecule has 94 valence electrons. The SMILES string of the molecule is CCCCCCOC(=O)C(=O)N(CC)CC. The van der Waals surface area contributed by atoms with Gasteiger partial charge < -0.3 is 9.64 Å². The second kappa shape index (κ2) is 9.19. The zero-order valence-corrected chi connectivity index (χ0v) is 10.6. The van der Waals surface area contributed by atoms with Crippen molar-refractivity contribution in [1.29, 1.82) is 0 Å².